The predicted molar refractivity (Wildman–Crippen MR) is 131 cm³/mol. The quantitative estimate of drug-likeness (QED) is 0.605. The fraction of sp³-hybridized carbons (Fsp3) is 0.417. The van der Waals surface area contributed by atoms with Gasteiger partial charge in [-0.15, -0.1) is 0 Å². The molecule has 33 heavy (non-hydrogen) atoms. The molecule has 2 aromatic rings. The second-order valence-corrected chi connectivity index (χ2v) is 11.1. The Balaban J connectivity index is 2.41. The fourth-order valence-electron chi connectivity index (χ4n) is 3.15. The van der Waals surface area contributed by atoms with E-state index in [9.17, 15) is 18.0 Å². The van der Waals surface area contributed by atoms with Crippen LogP contribution in [-0.4, -0.2) is 61.7 Å². The zero-order valence-corrected chi connectivity index (χ0v) is 21.0. The van der Waals surface area contributed by atoms with Gasteiger partial charge < -0.3 is 10.2 Å². The topological polar surface area (TPSA) is 90.0 Å². The molecule has 0 aliphatic carbocycles. The van der Waals surface area contributed by atoms with Crippen LogP contribution in [0.1, 0.15) is 33.3 Å². The minimum absolute atomic E-state index is 0.170. The van der Waals surface area contributed by atoms with Crippen molar-refractivity contribution >= 4 is 27.7 Å². The largest absolute Gasteiger partial charge is 0.350 e. The molecule has 0 bridgehead atoms. The van der Waals surface area contributed by atoms with Crippen molar-refractivity contribution in [2.75, 3.05) is 24.9 Å². The van der Waals surface area contributed by atoms with Gasteiger partial charge in [0, 0.05) is 26.2 Å². The molecule has 0 aliphatic rings. The van der Waals surface area contributed by atoms with Crippen molar-refractivity contribution in [1.82, 2.24) is 14.5 Å². The molecule has 0 radical (unpaired) electrons. The van der Waals surface area contributed by atoms with Gasteiger partial charge in [-0.2, -0.15) is 12.7 Å². The van der Waals surface area contributed by atoms with Gasteiger partial charge in [0.05, 0.1) is 5.69 Å². The first-order valence-electron chi connectivity index (χ1n) is 10.7. The first-order valence-corrected chi connectivity index (χ1v) is 12.1. The Morgan fingerprint density at radius 3 is 1.94 bits per heavy atom. The molecule has 0 saturated heterocycles. The van der Waals surface area contributed by atoms with Crippen LogP contribution in [0.4, 0.5) is 5.69 Å². The normalized spacial score (nSPS) is 12.8. The summed E-state index contributed by atoms with van der Waals surface area (Å²) in [4.78, 5) is 27.9. The van der Waals surface area contributed by atoms with E-state index in [1.807, 2.05) is 51.1 Å². The van der Waals surface area contributed by atoms with Gasteiger partial charge in [0.1, 0.15) is 12.6 Å². The lowest BCUT2D eigenvalue weighted by molar-refractivity contribution is -0.140. The van der Waals surface area contributed by atoms with E-state index < -0.39 is 34.2 Å². The number of anilines is 1. The van der Waals surface area contributed by atoms with E-state index in [2.05, 4.69) is 5.32 Å². The maximum Gasteiger partial charge on any atom is 0.304 e. The molecule has 0 saturated carbocycles. The molecule has 0 fully saturated rings. The molecule has 2 aromatic carbocycles. The minimum atomic E-state index is -3.95. The van der Waals surface area contributed by atoms with E-state index in [0.29, 0.717) is 5.69 Å². The Morgan fingerprint density at radius 1 is 0.939 bits per heavy atom. The maximum absolute atomic E-state index is 13.5. The summed E-state index contributed by atoms with van der Waals surface area (Å²) in [5.41, 5.74) is 0.728. The molecule has 1 atom stereocenters. The monoisotopic (exact) mass is 474 g/mol. The molecule has 180 valence electrons. The van der Waals surface area contributed by atoms with E-state index in [-0.39, 0.29) is 12.5 Å². The van der Waals surface area contributed by atoms with Crippen LogP contribution in [0, 0.1) is 0 Å². The first kappa shape index (κ1) is 26.3. The van der Waals surface area contributed by atoms with E-state index in [1.54, 1.807) is 37.3 Å². The molecule has 2 amide bonds. The molecule has 0 unspecified atom stereocenters. The van der Waals surface area contributed by atoms with E-state index in [4.69, 9.17) is 0 Å². The SMILES string of the molecule is C[C@@H](C(=O)NC(C)(C)C)N(Cc1ccccc1)C(=O)CN(c1ccccc1)S(=O)(=O)N(C)C. The number of carbonyl (C=O) groups is 2. The van der Waals surface area contributed by atoms with Gasteiger partial charge in [-0.3, -0.25) is 9.59 Å². The number of rotatable bonds is 9. The average Bonchev–Trinajstić information content (AvgIpc) is 2.75. The molecule has 2 rings (SSSR count). The van der Waals surface area contributed by atoms with Gasteiger partial charge in [-0.1, -0.05) is 48.5 Å². The summed E-state index contributed by atoms with van der Waals surface area (Å²) in [7, 11) is -1.12. The van der Waals surface area contributed by atoms with Gasteiger partial charge in [-0.05, 0) is 45.4 Å². The standard InChI is InChI=1S/C24H34N4O4S/c1-19(23(30)25-24(2,3)4)27(17-20-13-9-7-10-14-20)22(29)18-28(33(31,32)26(5)6)21-15-11-8-12-16-21/h7-16,19H,17-18H2,1-6H3,(H,25,30)/t19-/m0/s1. The van der Waals surface area contributed by atoms with Crippen molar-refractivity contribution in [2.45, 2.75) is 45.8 Å². The van der Waals surface area contributed by atoms with Gasteiger partial charge in [-0.25, -0.2) is 4.31 Å². The average molecular weight is 475 g/mol. The third-order valence-corrected chi connectivity index (χ3v) is 6.74. The van der Waals surface area contributed by atoms with Crippen LogP contribution >= 0.6 is 0 Å². The van der Waals surface area contributed by atoms with Gasteiger partial charge in [0.25, 0.3) is 0 Å². The number of hydrogen-bond acceptors (Lipinski definition) is 4. The zero-order valence-electron chi connectivity index (χ0n) is 20.1. The van der Waals surface area contributed by atoms with Crippen molar-refractivity contribution in [3.8, 4) is 0 Å². The summed E-state index contributed by atoms with van der Waals surface area (Å²) >= 11 is 0. The predicted octanol–water partition coefficient (Wildman–Crippen LogP) is 2.63. The molecule has 9 heteroatoms. The summed E-state index contributed by atoms with van der Waals surface area (Å²) in [5.74, 6) is -0.793. The third-order valence-electron chi connectivity index (χ3n) is 4.92. The molecule has 1 N–H and O–H groups in total. The van der Waals surface area contributed by atoms with Crippen LogP contribution < -0.4 is 9.62 Å². The number of benzene rings is 2. The van der Waals surface area contributed by atoms with Gasteiger partial charge in [0.15, 0.2) is 0 Å². The van der Waals surface area contributed by atoms with Gasteiger partial charge >= 0.3 is 10.2 Å². The van der Waals surface area contributed by atoms with Crippen LogP contribution in [0.2, 0.25) is 0 Å². The van der Waals surface area contributed by atoms with Crippen molar-refractivity contribution in [3.63, 3.8) is 0 Å². The number of carbonyl (C=O) groups excluding carboxylic acids is 2. The Kier molecular flexibility index (Phi) is 8.63. The van der Waals surface area contributed by atoms with Crippen molar-refractivity contribution in [3.05, 3.63) is 66.2 Å². The number of nitrogens with one attached hydrogen (secondary N) is 1. The minimum Gasteiger partial charge on any atom is -0.350 e. The number of para-hydroxylation sites is 1. The summed E-state index contributed by atoms with van der Waals surface area (Å²) < 4.78 is 28.2. The number of amides is 2. The lowest BCUT2D eigenvalue weighted by Gasteiger charge is -2.34. The Hall–Kier alpha value is -2.91. The van der Waals surface area contributed by atoms with Crippen LogP contribution in [0.5, 0.6) is 0 Å². The molecular weight excluding hydrogens is 440 g/mol. The molecule has 0 heterocycles. The lowest BCUT2D eigenvalue weighted by atomic mass is 10.1. The highest BCUT2D eigenvalue weighted by molar-refractivity contribution is 7.90. The van der Waals surface area contributed by atoms with Crippen molar-refractivity contribution < 1.29 is 18.0 Å². The number of nitrogens with zero attached hydrogens (tertiary/aromatic N) is 3. The van der Waals surface area contributed by atoms with Crippen LogP contribution in [0.15, 0.2) is 60.7 Å². The first-order chi connectivity index (χ1) is 15.3. The lowest BCUT2D eigenvalue weighted by Crippen LogP contribution is -2.54. The third kappa shape index (κ3) is 7.30. The summed E-state index contributed by atoms with van der Waals surface area (Å²) in [6, 6.07) is 16.9. The fourth-order valence-corrected chi connectivity index (χ4v) is 4.20. The van der Waals surface area contributed by atoms with Crippen LogP contribution in [-0.2, 0) is 26.3 Å². The Bertz CT molecular complexity index is 1040. The zero-order chi connectivity index (χ0) is 24.8. The second kappa shape index (κ2) is 10.8. The highest BCUT2D eigenvalue weighted by Gasteiger charge is 2.33. The molecule has 0 aliphatic heterocycles. The molecule has 0 spiro atoms. The van der Waals surface area contributed by atoms with E-state index in [1.165, 1.54) is 19.0 Å². The second-order valence-electron chi connectivity index (χ2n) is 9.05. The highest BCUT2D eigenvalue weighted by atomic mass is 32.2. The smallest absolute Gasteiger partial charge is 0.304 e. The maximum atomic E-state index is 13.5. The molecule has 8 nitrogen and oxygen atoms in total. The molecular formula is C24H34N4O4S. The van der Waals surface area contributed by atoms with E-state index >= 15 is 0 Å². The summed E-state index contributed by atoms with van der Waals surface area (Å²) in [6.07, 6.45) is 0. The molecule has 0 aromatic heterocycles. The highest BCUT2D eigenvalue weighted by Crippen LogP contribution is 2.20. The summed E-state index contributed by atoms with van der Waals surface area (Å²) in [5, 5.41) is 2.90. The Morgan fingerprint density at radius 2 is 1.45 bits per heavy atom. The van der Waals surface area contributed by atoms with Crippen LogP contribution in [0.25, 0.3) is 0 Å². The van der Waals surface area contributed by atoms with Crippen molar-refractivity contribution in [2.24, 2.45) is 0 Å². The Labute approximate surface area is 197 Å². The van der Waals surface area contributed by atoms with Crippen molar-refractivity contribution in [1.29, 1.82) is 0 Å². The summed E-state index contributed by atoms with van der Waals surface area (Å²) in [6.45, 7) is 6.97. The van der Waals surface area contributed by atoms with E-state index in [0.717, 1.165) is 14.2 Å². The number of hydrogen-bond donors (Lipinski definition) is 1. The van der Waals surface area contributed by atoms with Gasteiger partial charge in [0.2, 0.25) is 11.8 Å². The van der Waals surface area contributed by atoms with Crippen LogP contribution in [0.3, 0.4) is 0 Å².